The Morgan fingerprint density at radius 2 is 1.77 bits per heavy atom. The summed E-state index contributed by atoms with van der Waals surface area (Å²) in [5.41, 5.74) is 1.47. The number of hydrogen-bond donors (Lipinski definition) is 4. The molecule has 156 valence electrons. The summed E-state index contributed by atoms with van der Waals surface area (Å²) in [6.45, 7) is 7.53. The highest BCUT2D eigenvalue weighted by Gasteiger charge is 2.21. The number of aromatic nitrogens is 3. The summed E-state index contributed by atoms with van der Waals surface area (Å²) in [6.07, 6.45) is 0. The number of benzene rings is 2. The highest BCUT2D eigenvalue weighted by atomic mass is 16.2. The summed E-state index contributed by atoms with van der Waals surface area (Å²) in [5.74, 6) is 0.919. The van der Waals surface area contributed by atoms with E-state index in [2.05, 4.69) is 31.1 Å². The topological polar surface area (TPSA) is 112 Å². The van der Waals surface area contributed by atoms with Crippen molar-refractivity contribution < 1.29 is 9.59 Å². The van der Waals surface area contributed by atoms with Crippen LogP contribution in [0, 0.1) is 6.92 Å². The Balaban J connectivity index is 1.75. The third-order valence-corrected chi connectivity index (χ3v) is 4.15. The van der Waals surface area contributed by atoms with Gasteiger partial charge in [-0.1, -0.05) is 36.4 Å². The molecular formula is C22H26N6O2. The summed E-state index contributed by atoms with van der Waals surface area (Å²) in [4.78, 5) is 29.4. The van der Waals surface area contributed by atoms with Crippen molar-refractivity contribution >= 4 is 17.6 Å². The van der Waals surface area contributed by atoms with Gasteiger partial charge in [0.05, 0.1) is 0 Å². The first-order valence-corrected chi connectivity index (χ1v) is 9.65. The second-order valence-electron chi connectivity index (χ2n) is 8.01. The van der Waals surface area contributed by atoms with Crippen LogP contribution < -0.4 is 16.0 Å². The van der Waals surface area contributed by atoms with E-state index < -0.39 is 12.1 Å². The van der Waals surface area contributed by atoms with E-state index in [1.54, 1.807) is 31.2 Å². The highest BCUT2D eigenvalue weighted by molar-refractivity contribution is 5.97. The number of anilines is 1. The first-order valence-electron chi connectivity index (χ1n) is 9.65. The minimum Gasteiger partial charge on any atom is -0.347 e. The number of rotatable bonds is 5. The Hall–Kier alpha value is -3.68. The summed E-state index contributed by atoms with van der Waals surface area (Å²) < 4.78 is 0. The molecule has 1 heterocycles. The Kier molecular flexibility index (Phi) is 6.15. The molecule has 0 fully saturated rings. The minimum absolute atomic E-state index is 0.204. The molecule has 1 atom stereocenters. The van der Waals surface area contributed by atoms with Crippen molar-refractivity contribution in [2.75, 3.05) is 5.32 Å². The standard InChI is InChI=1S/C22H26N6O2/c1-14-23-19(28-27-14)18(15-9-6-5-7-10-15)25-21(30)24-17-12-8-11-16(13-17)20(29)26-22(2,3)4/h5-13,18H,1-4H3,(H,26,29)(H,23,27,28)(H2,24,25,30). The van der Waals surface area contributed by atoms with E-state index in [0.717, 1.165) is 5.56 Å². The number of nitrogens with one attached hydrogen (secondary N) is 4. The van der Waals surface area contributed by atoms with Gasteiger partial charge in [0.2, 0.25) is 0 Å². The van der Waals surface area contributed by atoms with E-state index in [4.69, 9.17) is 0 Å². The predicted molar refractivity (Wildman–Crippen MR) is 115 cm³/mol. The van der Waals surface area contributed by atoms with Crippen LogP contribution in [0.2, 0.25) is 0 Å². The normalized spacial score (nSPS) is 12.1. The van der Waals surface area contributed by atoms with Crippen LogP contribution in [0.1, 0.15) is 54.4 Å². The van der Waals surface area contributed by atoms with Gasteiger partial charge >= 0.3 is 6.03 Å². The zero-order chi connectivity index (χ0) is 21.7. The number of aromatic amines is 1. The zero-order valence-electron chi connectivity index (χ0n) is 17.5. The average molecular weight is 406 g/mol. The van der Waals surface area contributed by atoms with Crippen LogP contribution in [0.5, 0.6) is 0 Å². The van der Waals surface area contributed by atoms with Gasteiger partial charge in [-0.3, -0.25) is 9.89 Å². The van der Waals surface area contributed by atoms with Crippen LogP contribution in [0.4, 0.5) is 10.5 Å². The summed E-state index contributed by atoms with van der Waals surface area (Å²) >= 11 is 0. The lowest BCUT2D eigenvalue weighted by Gasteiger charge is -2.21. The van der Waals surface area contributed by atoms with Gasteiger partial charge in [-0.15, -0.1) is 0 Å². The maximum Gasteiger partial charge on any atom is 0.320 e. The van der Waals surface area contributed by atoms with Gasteiger partial charge < -0.3 is 16.0 Å². The molecule has 2 aromatic carbocycles. The van der Waals surface area contributed by atoms with E-state index in [0.29, 0.717) is 22.9 Å². The monoisotopic (exact) mass is 406 g/mol. The SMILES string of the molecule is Cc1nc(C(NC(=O)Nc2cccc(C(=O)NC(C)(C)C)c2)c2ccccc2)n[nH]1. The van der Waals surface area contributed by atoms with E-state index in [1.807, 2.05) is 51.1 Å². The summed E-state index contributed by atoms with van der Waals surface area (Å²) in [7, 11) is 0. The number of amides is 3. The van der Waals surface area contributed by atoms with Gasteiger partial charge in [-0.05, 0) is 51.5 Å². The molecule has 1 unspecified atom stereocenters. The molecule has 0 saturated carbocycles. The van der Waals surface area contributed by atoms with Crippen molar-refractivity contribution in [1.82, 2.24) is 25.8 Å². The first-order chi connectivity index (χ1) is 14.2. The summed E-state index contributed by atoms with van der Waals surface area (Å²) in [5, 5.41) is 15.6. The molecule has 0 aliphatic rings. The number of hydrogen-bond acceptors (Lipinski definition) is 4. The fourth-order valence-electron chi connectivity index (χ4n) is 2.88. The number of aryl methyl sites for hydroxylation is 1. The van der Waals surface area contributed by atoms with Crippen molar-refractivity contribution in [3.8, 4) is 0 Å². The lowest BCUT2D eigenvalue weighted by Crippen LogP contribution is -2.40. The smallest absolute Gasteiger partial charge is 0.320 e. The Morgan fingerprint density at radius 3 is 2.40 bits per heavy atom. The molecule has 1 aromatic heterocycles. The molecular weight excluding hydrogens is 380 g/mol. The fourth-order valence-corrected chi connectivity index (χ4v) is 2.88. The van der Waals surface area contributed by atoms with Crippen molar-refractivity contribution in [3.05, 3.63) is 77.4 Å². The molecule has 0 bridgehead atoms. The van der Waals surface area contributed by atoms with E-state index in [1.165, 1.54) is 0 Å². The lowest BCUT2D eigenvalue weighted by molar-refractivity contribution is 0.0919. The van der Waals surface area contributed by atoms with Crippen LogP contribution in [-0.2, 0) is 0 Å². The average Bonchev–Trinajstić information content (AvgIpc) is 3.12. The summed E-state index contributed by atoms with van der Waals surface area (Å²) in [6, 6.07) is 15.3. The van der Waals surface area contributed by atoms with Crippen LogP contribution in [0.15, 0.2) is 54.6 Å². The molecule has 0 saturated heterocycles. The number of H-pyrrole nitrogens is 1. The largest absolute Gasteiger partial charge is 0.347 e. The zero-order valence-corrected chi connectivity index (χ0v) is 17.5. The van der Waals surface area contributed by atoms with Crippen molar-refractivity contribution in [1.29, 1.82) is 0 Å². The Bertz CT molecular complexity index is 1020. The molecule has 3 rings (SSSR count). The van der Waals surface area contributed by atoms with E-state index in [9.17, 15) is 9.59 Å². The first kappa shape index (κ1) is 21.0. The molecule has 0 aliphatic carbocycles. The van der Waals surface area contributed by atoms with Gasteiger partial charge in [-0.2, -0.15) is 5.10 Å². The molecule has 30 heavy (non-hydrogen) atoms. The quantitative estimate of drug-likeness (QED) is 0.519. The minimum atomic E-state index is -0.525. The number of carbonyl (C=O) groups excluding carboxylic acids is 2. The highest BCUT2D eigenvalue weighted by Crippen LogP contribution is 2.19. The third kappa shape index (κ3) is 5.66. The molecule has 0 aliphatic heterocycles. The van der Waals surface area contributed by atoms with E-state index >= 15 is 0 Å². The Labute approximate surface area is 175 Å². The lowest BCUT2D eigenvalue weighted by atomic mass is 10.1. The van der Waals surface area contributed by atoms with Crippen LogP contribution in [0.3, 0.4) is 0 Å². The fraction of sp³-hybridized carbons (Fsp3) is 0.273. The second kappa shape index (κ2) is 8.77. The number of carbonyl (C=O) groups is 2. The third-order valence-electron chi connectivity index (χ3n) is 4.15. The van der Waals surface area contributed by atoms with E-state index in [-0.39, 0.29) is 11.4 Å². The van der Waals surface area contributed by atoms with Gasteiger partial charge in [0.15, 0.2) is 5.82 Å². The molecule has 8 heteroatoms. The second-order valence-corrected chi connectivity index (χ2v) is 8.01. The molecule has 4 N–H and O–H groups in total. The van der Waals surface area contributed by atoms with Gasteiger partial charge in [0.25, 0.3) is 5.91 Å². The maximum atomic E-state index is 12.7. The van der Waals surface area contributed by atoms with Crippen LogP contribution >= 0.6 is 0 Å². The number of nitrogens with zero attached hydrogens (tertiary/aromatic N) is 2. The van der Waals surface area contributed by atoms with Gasteiger partial charge in [0.1, 0.15) is 11.9 Å². The number of urea groups is 1. The van der Waals surface area contributed by atoms with Crippen LogP contribution in [-0.4, -0.2) is 32.7 Å². The van der Waals surface area contributed by atoms with Crippen molar-refractivity contribution in [2.45, 2.75) is 39.3 Å². The molecule has 3 amide bonds. The molecule has 3 aromatic rings. The molecule has 0 spiro atoms. The van der Waals surface area contributed by atoms with Crippen LogP contribution in [0.25, 0.3) is 0 Å². The van der Waals surface area contributed by atoms with Gasteiger partial charge in [-0.25, -0.2) is 9.78 Å². The molecule has 8 nitrogen and oxygen atoms in total. The maximum absolute atomic E-state index is 12.7. The Morgan fingerprint density at radius 1 is 1.03 bits per heavy atom. The van der Waals surface area contributed by atoms with Gasteiger partial charge in [0, 0.05) is 16.8 Å². The van der Waals surface area contributed by atoms with Crippen molar-refractivity contribution in [3.63, 3.8) is 0 Å². The predicted octanol–water partition coefficient (Wildman–Crippen LogP) is 3.55. The molecule has 0 radical (unpaired) electrons. The van der Waals surface area contributed by atoms with Crippen molar-refractivity contribution in [2.24, 2.45) is 0 Å².